The number of imidazole rings is 1. The van der Waals surface area contributed by atoms with Crippen LogP contribution < -0.4 is 10.6 Å². The van der Waals surface area contributed by atoms with Gasteiger partial charge in [-0.3, -0.25) is 5.10 Å². The molecule has 3 aromatic rings. The first-order chi connectivity index (χ1) is 12.8. The van der Waals surface area contributed by atoms with Crippen molar-refractivity contribution >= 4 is 11.7 Å². The Hall–Kier alpha value is -3.16. The average molecular weight is 367 g/mol. The van der Waals surface area contributed by atoms with Crippen molar-refractivity contribution in [3.8, 4) is 11.4 Å². The van der Waals surface area contributed by atoms with Crippen molar-refractivity contribution in [1.29, 1.82) is 0 Å². The van der Waals surface area contributed by atoms with E-state index in [4.69, 9.17) is 0 Å². The molecule has 8 nitrogen and oxygen atoms in total. The van der Waals surface area contributed by atoms with Crippen molar-refractivity contribution in [3.05, 3.63) is 48.8 Å². The molecular weight excluding hydrogens is 342 g/mol. The van der Waals surface area contributed by atoms with Crippen LogP contribution in [0, 0.1) is 12.3 Å². The summed E-state index contributed by atoms with van der Waals surface area (Å²) >= 11 is 0. The summed E-state index contributed by atoms with van der Waals surface area (Å²) in [6.07, 6.45) is 5.38. The highest BCUT2D eigenvalue weighted by molar-refractivity contribution is 5.89. The Kier molecular flexibility index (Phi) is 5.25. The molecule has 0 bridgehead atoms. The summed E-state index contributed by atoms with van der Waals surface area (Å²) in [5, 5.41) is 12.9. The molecule has 27 heavy (non-hydrogen) atoms. The largest absolute Gasteiger partial charge is 0.335 e. The number of hydrogen-bond acceptors (Lipinski definition) is 4. The number of amides is 2. The van der Waals surface area contributed by atoms with Gasteiger partial charge in [0.1, 0.15) is 5.82 Å². The van der Waals surface area contributed by atoms with Gasteiger partial charge < -0.3 is 15.2 Å². The summed E-state index contributed by atoms with van der Waals surface area (Å²) < 4.78 is 1.96. The molecule has 0 aliphatic heterocycles. The second-order valence-electron chi connectivity index (χ2n) is 7.60. The van der Waals surface area contributed by atoms with Crippen molar-refractivity contribution in [3.63, 3.8) is 0 Å². The lowest BCUT2D eigenvalue weighted by molar-refractivity contribution is 0.219. The molecule has 2 aromatic heterocycles. The maximum atomic E-state index is 12.5. The molecule has 2 amide bonds. The van der Waals surface area contributed by atoms with Crippen LogP contribution in [0.5, 0.6) is 0 Å². The number of aromatic nitrogens is 5. The standard InChI is InChI=1S/C19H25N7O/c1-13-21-17(25-24-13)14-5-7-15(8-6-14)22-18(27)23-16(19(2,3)4)11-26-10-9-20-12-26/h5-10,12,16H,11H2,1-4H3,(H,21,24,25)(H2,22,23,27). The Bertz CT molecular complexity index is 876. The minimum Gasteiger partial charge on any atom is -0.335 e. The molecule has 1 atom stereocenters. The summed E-state index contributed by atoms with van der Waals surface area (Å²) in [5.41, 5.74) is 1.49. The zero-order valence-electron chi connectivity index (χ0n) is 16.0. The molecule has 2 heterocycles. The van der Waals surface area contributed by atoms with Crippen LogP contribution in [-0.2, 0) is 6.54 Å². The number of anilines is 1. The summed E-state index contributed by atoms with van der Waals surface area (Å²) in [7, 11) is 0. The molecule has 1 aromatic carbocycles. The van der Waals surface area contributed by atoms with E-state index in [9.17, 15) is 4.79 Å². The first kappa shape index (κ1) is 18.6. The maximum Gasteiger partial charge on any atom is 0.319 e. The number of benzene rings is 1. The van der Waals surface area contributed by atoms with Gasteiger partial charge in [-0.15, -0.1) is 0 Å². The molecule has 0 fully saturated rings. The molecule has 0 saturated carbocycles. The summed E-state index contributed by atoms with van der Waals surface area (Å²) in [6, 6.07) is 7.14. The summed E-state index contributed by atoms with van der Waals surface area (Å²) in [4.78, 5) is 20.8. The van der Waals surface area contributed by atoms with E-state index in [-0.39, 0.29) is 17.5 Å². The average Bonchev–Trinajstić information content (AvgIpc) is 3.26. The van der Waals surface area contributed by atoms with E-state index in [0.717, 1.165) is 11.4 Å². The highest BCUT2D eigenvalue weighted by Crippen LogP contribution is 2.21. The first-order valence-corrected chi connectivity index (χ1v) is 8.84. The van der Waals surface area contributed by atoms with Crippen LogP contribution in [0.15, 0.2) is 43.0 Å². The molecule has 1 unspecified atom stereocenters. The van der Waals surface area contributed by atoms with Crippen LogP contribution in [0.25, 0.3) is 11.4 Å². The van der Waals surface area contributed by atoms with Gasteiger partial charge in [0, 0.05) is 30.2 Å². The van der Waals surface area contributed by atoms with E-state index in [2.05, 4.69) is 51.6 Å². The zero-order valence-corrected chi connectivity index (χ0v) is 16.0. The first-order valence-electron chi connectivity index (χ1n) is 8.84. The molecule has 0 aliphatic carbocycles. The van der Waals surface area contributed by atoms with E-state index >= 15 is 0 Å². The van der Waals surface area contributed by atoms with Gasteiger partial charge in [0.05, 0.1) is 12.4 Å². The van der Waals surface area contributed by atoms with E-state index in [1.807, 2.05) is 42.0 Å². The Balaban J connectivity index is 1.63. The monoisotopic (exact) mass is 367 g/mol. The second kappa shape index (κ2) is 7.61. The third-order valence-electron chi connectivity index (χ3n) is 4.30. The Morgan fingerprint density at radius 3 is 2.56 bits per heavy atom. The van der Waals surface area contributed by atoms with Gasteiger partial charge >= 0.3 is 6.03 Å². The van der Waals surface area contributed by atoms with Crippen molar-refractivity contribution in [1.82, 2.24) is 30.0 Å². The molecule has 142 valence electrons. The molecule has 0 spiro atoms. The number of nitrogens with zero attached hydrogens (tertiary/aromatic N) is 4. The zero-order chi connectivity index (χ0) is 19.4. The second-order valence-corrected chi connectivity index (χ2v) is 7.60. The van der Waals surface area contributed by atoms with Gasteiger partial charge in [-0.05, 0) is 36.6 Å². The predicted octanol–water partition coefficient (Wildman–Crippen LogP) is 3.21. The highest BCUT2D eigenvalue weighted by Gasteiger charge is 2.26. The predicted molar refractivity (Wildman–Crippen MR) is 104 cm³/mol. The number of nitrogens with one attached hydrogen (secondary N) is 3. The number of carbonyl (C=O) groups excluding carboxylic acids is 1. The number of aryl methyl sites for hydroxylation is 1. The van der Waals surface area contributed by atoms with Crippen LogP contribution in [-0.4, -0.2) is 36.8 Å². The molecule has 3 N–H and O–H groups in total. The van der Waals surface area contributed by atoms with Crippen molar-refractivity contribution in [2.75, 3.05) is 5.32 Å². The number of aromatic amines is 1. The SMILES string of the molecule is Cc1nc(-c2ccc(NC(=O)NC(Cn3ccnc3)C(C)(C)C)cc2)n[nH]1. The number of urea groups is 1. The van der Waals surface area contributed by atoms with Crippen molar-refractivity contribution < 1.29 is 4.79 Å². The van der Waals surface area contributed by atoms with Crippen molar-refractivity contribution in [2.24, 2.45) is 5.41 Å². The third-order valence-corrected chi connectivity index (χ3v) is 4.30. The van der Waals surface area contributed by atoms with Crippen LogP contribution in [0.4, 0.5) is 10.5 Å². The third kappa shape index (κ3) is 4.93. The Labute approximate surface area is 158 Å². The molecule has 0 aliphatic rings. The lowest BCUT2D eigenvalue weighted by Crippen LogP contribution is -2.47. The topological polar surface area (TPSA) is 101 Å². The van der Waals surface area contributed by atoms with Gasteiger partial charge in [-0.2, -0.15) is 5.10 Å². The Morgan fingerprint density at radius 2 is 2.00 bits per heavy atom. The van der Waals surface area contributed by atoms with Crippen LogP contribution >= 0.6 is 0 Å². The number of H-pyrrole nitrogens is 1. The number of hydrogen-bond donors (Lipinski definition) is 3. The van der Waals surface area contributed by atoms with Crippen LogP contribution in [0.2, 0.25) is 0 Å². The lowest BCUT2D eigenvalue weighted by atomic mass is 9.86. The van der Waals surface area contributed by atoms with E-state index in [1.165, 1.54) is 0 Å². The quantitative estimate of drug-likeness (QED) is 0.644. The summed E-state index contributed by atoms with van der Waals surface area (Å²) in [5.74, 6) is 1.40. The fourth-order valence-corrected chi connectivity index (χ4v) is 2.64. The van der Waals surface area contributed by atoms with Crippen LogP contribution in [0.1, 0.15) is 26.6 Å². The van der Waals surface area contributed by atoms with Crippen LogP contribution in [0.3, 0.4) is 0 Å². The molecule has 8 heteroatoms. The number of rotatable bonds is 5. The lowest BCUT2D eigenvalue weighted by Gasteiger charge is -2.31. The Morgan fingerprint density at radius 1 is 1.26 bits per heavy atom. The normalized spacial score (nSPS) is 12.6. The highest BCUT2D eigenvalue weighted by atomic mass is 16.2. The van der Waals surface area contributed by atoms with Gasteiger partial charge in [0.25, 0.3) is 0 Å². The minimum atomic E-state index is -0.239. The van der Waals surface area contributed by atoms with Crippen molar-refractivity contribution in [2.45, 2.75) is 40.3 Å². The fourth-order valence-electron chi connectivity index (χ4n) is 2.64. The fraction of sp³-hybridized carbons (Fsp3) is 0.368. The van der Waals surface area contributed by atoms with Gasteiger partial charge in [0.15, 0.2) is 5.82 Å². The molecular formula is C19H25N7O. The van der Waals surface area contributed by atoms with Gasteiger partial charge in [-0.25, -0.2) is 14.8 Å². The molecule has 0 radical (unpaired) electrons. The van der Waals surface area contributed by atoms with Gasteiger partial charge in [0.2, 0.25) is 0 Å². The minimum absolute atomic E-state index is 0.0535. The smallest absolute Gasteiger partial charge is 0.319 e. The maximum absolute atomic E-state index is 12.5. The number of carbonyl (C=O) groups is 1. The molecule has 0 saturated heterocycles. The van der Waals surface area contributed by atoms with Gasteiger partial charge in [-0.1, -0.05) is 20.8 Å². The summed E-state index contributed by atoms with van der Waals surface area (Å²) in [6.45, 7) is 8.81. The van der Waals surface area contributed by atoms with E-state index in [1.54, 1.807) is 12.5 Å². The van der Waals surface area contributed by atoms with E-state index in [0.29, 0.717) is 18.1 Å². The van der Waals surface area contributed by atoms with E-state index < -0.39 is 0 Å². The molecule has 3 rings (SSSR count).